The predicted molar refractivity (Wildman–Crippen MR) is 160 cm³/mol. The number of fused-ring (bicyclic) bond motifs is 5. The van der Waals surface area contributed by atoms with Gasteiger partial charge >= 0.3 is 0 Å². The number of nitrogens with zero attached hydrogens (tertiary/aromatic N) is 2. The molecule has 5 aliphatic carbocycles. The molecule has 3 fully saturated rings. The summed E-state index contributed by atoms with van der Waals surface area (Å²) in [5.74, 6) is -5.02. The fraction of sp³-hybridized carbons (Fsp3) is 0.581. The zero-order chi connectivity index (χ0) is 30.4. The first kappa shape index (κ1) is 35.7. The number of hydrogen-bond donors (Lipinski definition) is 6. The van der Waals surface area contributed by atoms with Crippen LogP contribution in [0.1, 0.15) is 48.8 Å². The standard InChI is InChI=1S/C31H40N4O7.K.V/c1-34(2)20-11-16(12-33-19-8-13-5-6-14(19)7-13)25(36)22-17(20)9-15-10-18-24(35(3)4)27(38)23(30(32)41)29(40)31(18,42)28(39)21(15)26(22)37;;/h11,13-15,18-19,24,33,36-37,40,42H,5-10,12H2,1-4H3,(H2,32,41);;/t13-,14+,15-,18-,19?,24-,31-;;/m0../s1. The summed E-state index contributed by atoms with van der Waals surface area (Å²) >= 11 is 0. The van der Waals surface area contributed by atoms with Crippen molar-refractivity contribution in [3.63, 3.8) is 0 Å². The van der Waals surface area contributed by atoms with Crippen LogP contribution in [-0.2, 0) is 45.9 Å². The molecule has 1 aromatic rings. The van der Waals surface area contributed by atoms with E-state index in [-0.39, 0.29) is 99.7 Å². The van der Waals surface area contributed by atoms with E-state index in [9.17, 15) is 34.8 Å². The van der Waals surface area contributed by atoms with Crippen molar-refractivity contribution in [3.05, 3.63) is 39.7 Å². The maximum Gasteiger partial charge on any atom is 0.255 e. The molecule has 0 aliphatic heterocycles. The molecular formula is C31H40KN4O7V. The van der Waals surface area contributed by atoms with Gasteiger partial charge in [-0.3, -0.25) is 19.3 Å². The number of anilines is 1. The summed E-state index contributed by atoms with van der Waals surface area (Å²) in [5.41, 5.74) is 3.96. The summed E-state index contributed by atoms with van der Waals surface area (Å²) in [4.78, 5) is 43.0. The van der Waals surface area contributed by atoms with Crippen LogP contribution >= 0.6 is 0 Å². The zero-order valence-electron chi connectivity index (χ0n) is 25.9. The van der Waals surface area contributed by atoms with E-state index in [4.69, 9.17) is 5.73 Å². The second kappa shape index (κ2) is 12.8. The van der Waals surface area contributed by atoms with Crippen molar-refractivity contribution < 1.29 is 53.4 Å². The van der Waals surface area contributed by atoms with Crippen molar-refractivity contribution in [2.24, 2.45) is 29.4 Å². The predicted octanol–water partition coefficient (Wildman–Crippen LogP) is 0.925. The number of phenolic OH excluding ortho intramolecular Hbond substituents is 1. The van der Waals surface area contributed by atoms with Crippen molar-refractivity contribution in [2.45, 2.75) is 62.8 Å². The number of aliphatic hydroxyl groups is 3. The number of hydrogen-bond acceptors (Lipinski definition) is 10. The van der Waals surface area contributed by atoms with E-state index in [0.29, 0.717) is 29.6 Å². The smallest absolute Gasteiger partial charge is 0.255 e. The minimum atomic E-state index is -2.65. The van der Waals surface area contributed by atoms with Gasteiger partial charge in [-0.25, -0.2) is 0 Å². The SMILES string of the molecule is CN(C)c1cc(CNC2C[C@H]3CC[C@@H]2C3)c(O)c2c1C[C@H]1C[C@H]3[C@H](N(C)C)C(=O)C(C(N)=O)=C(O)[C@@]3(O)C(=O)C1=C2O.[K].[V]. The first-order valence-corrected chi connectivity index (χ1v) is 14.7. The van der Waals surface area contributed by atoms with Crippen LogP contribution in [0.15, 0.2) is 23.0 Å². The first-order valence-electron chi connectivity index (χ1n) is 14.7. The van der Waals surface area contributed by atoms with Gasteiger partial charge in [-0.1, -0.05) is 6.42 Å². The number of aromatic hydroxyl groups is 1. The molecule has 232 valence electrons. The minimum Gasteiger partial charge on any atom is -0.508 e. The Kier molecular flexibility index (Phi) is 10.4. The Morgan fingerprint density at radius 3 is 2.32 bits per heavy atom. The number of amides is 1. The molecule has 0 aromatic heterocycles. The first-order chi connectivity index (χ1) is 19.8. The van der Waals surface area contributed by atoms with Gasteiger partial charge in [-0.05, 0) is 75.6 Å². The number of carbonyl (C=O) groups excluding carboxylic acids is 3. The number of phenols is 1. The number of aliphatic hydroxyl groups excluding tert-OH is 2. The molecule has 3 saturated carbocycles. The monoisotopic (exact) mass is 670 g/mol. The molecule has 1 aromatic carbocycles. The molecule has 0 heterocycles. The van der Waals surface area contributed by atoms with Gasteiger partial charge < -0.3 is 36.4 Å². The number of nitrogens with two attached hydrogens (primary N) is 1. The van der Waals surface area contributed by atoms with Crippen molar-refractivity contribution >= 4 is 80.3 Å². The van der Waals surface area contributed by atoms with Crippen molar-refractivity contribution in [1.29, 1.82) is 0 Å². The van der Waals surface area contributed by atoms with Crippen LogP contribution in [0.2, 0.25) is 0 Å². The van der Waals surface area contributed by atoms with Crippen LogP contribution in [0, 0.1) is 23.7 Å². The third-order valence-electron chi connectivity index (χ3n) is 10.6. The van der Waals surface area contributed by atoms with E-state index >= 15 is 0 Å². The molecule has 2 bridgehead atoms. The Labute approximate surface area is 311 Å². The van der Waals surface area contributed by atoms with E-state index < -0.39 is 58.0 Å². The molecule has 44 heavy (non-hydrogen) atoms. The summed E-state index contributed by atoms with van der Waals surface area (Å²) < 4.78 is 0. The average Bonchev–Trinajstić information content (AvgIpc) is 3.53. The summed E-state index contributed by atoms with van der Waals surface area (Å²) in [5, 5.41) is 49.7. The van der Waals surface area contributed by atoms with Crippen molar-refractivity contribution in [3.8, 4) is 5.75 Å². The van der Waals surface area contributed by atoms with Gasteiger partial charge in [0.15, 0.2) is 11.4 Å². The Morgan fingerprint density at radius 1 is 1.09 bits per heavy atom. The Morgan fingerprint density at radius 2 is 1.77 bits per heavy atom. The topological polar surface area (TPSA) is 177 Å². The van der Waals surface area contributed by atoms with Crippen molar-refractivity contribution in [2.75, 3.05) is 33.1 Å². The molecule has 13 heteroatoms. The number of benzene rings is 1. The molecule has 7 N–H and O–H groups in total. The molecule has 2 radical (unpaired) electrons. The Bertz CT molecular complexity index is 1480. The number of nitrogens with one attached hydrogen (secondary N) is 1. The molecule has 6 rings (SSSR count). The fourth-order valence-electron chi connectivity index (χ4n) is 8.62. The third-order valence-corrected chi connectivity index (χ3v) is 10.6. The van der Waals surface area contributed by atoms with E-state index in [1.54, 1.807) is 14.1 Å². The second-order valence-corrected chi connectivity index (χ2v) is 13.3. The van der Waals surface area contributed by atoms with Crippen molar-refractivity contribution in [1.82, 2.24) is 10.2 Å². The van der Waals surface area contributed by atoms with Gasteiger partial charge in [-0.15, -0.1) is 0 Å². The molecule has 1 unspecified atom stereocenters. The molecule has 0 spiro atoms. The van der Waals surface area contributed by atoms with Crippen LogP contribution < -0.4 is 16.0 Å². The van der Waals surface area contributed by atoms with E-state index in [1.807, 2.05) is 25.1 Å². The van der Waals surface area contributed by atoms with Gasteiger partial charge in [0.25, 0.3) is 5.91 Å². The van der Waals surface area contributed by atoms with Gasteiger partial charge in [0.2, 0.25) is 5.78 Å². The molecule has 0 saturated heterocycles. The zero-order valence-corrected chi connectivity index (χ0v) is 30.4. The van der Waals surface area contributed by atoms with Gasteiger partial charge in [0, 0.05) is 119 Å². The summed E-state index contributed by atoms with van der Waals surface area (Å²) in [6, 6.07) is 1.18. The maximum atomic E-state index is 14.1. The normalized spacial score (nSPS) is 32.1. The average molecular weight is 671 g/mol. The van der Waals surface area contributed by atoms with Gasteiger partial charge in [0.05, 0.1) is 11.6 Å². The number of likely N-dealkylation sites (N-methyl/N-ethyl adjacent to an activating group) is 1. The van der Waals surface area contributed by atoms with Gasteiger partial charge in [-0.2, -0.15) is 0 Å². The fourth-order valence-corrected chi connectivity index (χ4v) is 8.62. The summed E-state index contributed by atoms with van der Waals surface area (Å²) in [6.07, 6.45) is 5.15. The number of primary amides is 1. The largest absolute Gasteiger partial charge is 0.508 e. The Hall–Kier alpha value is -1.19. The van der Waals surface area contributed by atoms with Crippen LogP contribution in [0.25, 0.3) is 5.76 Å². The van der Waals surface area contributed by atoms with Crippen LogP contribution in [0.3, 0.4) is 0 Å². The minimum absolute atomic E-state index is 0. The number of ketones is 2. The summed E-state index contributed by atoms with van der Waals surface area (Å²) in [6.45, 7) is 0.387. The molecule has 5 aliphatic rings. The number of Topliss-reactive ketones (excluding diaryl/α,β-unsaturated/α-hetero) is 2. The molecule has 1 amide bonds. The molecule has 11 nitrogen and oxygen atoms in total. The van der Waals surface area contributed by atoms with Gasteiger partial charge in [0.1, 0.15) is 22.8 Å². The number of rotatable bonds is 6. The van der Waals surface area contributed by atoms with Crippen LogP contribution in [0.5, 0.6) is 5.75 Å². The maximum absolute atomic E-state index is 14.1. The molecule has 7 atom stereocenters. The summed E-state index contributed by atoms with van der Waals surface area (Å²) in [7, 11) is 6.91. The van der Waals surface area contributed by atoms with E-state index in [1.165, 1.54) is 24.2 Å². The second-order valence-electron chi connectivity index (χ2n) is 13.3. The van der Waals surface area contributed by atoms with Crippen LogP contribution in [0.4, 0.5) is 5.69 Å². The van der Waals surface area contributed by atoms with E-state index in [0.717, 1.165) is 18.0 Å². The third kappa shape index (κ3) is 5.27. The molecular weight excluding hydrogens is 630 g/mol. The Balaban J connectivity index is 0.00000221. The van der Waals surface area contributed by atoms with E-state index in [2.05, 4.69) is 5.32 Å². The van der Waals surface area contributed by atoms with Crippen LogP contribution in [-0.4, -0.2) is 140 Å². The quantitative estimate of drug-likeness (QED) is 0.189. The number of carbonyl (C=O) groups is 3.